The number of hydrogen-bond acceptors (Lipinski definition) is 4. The zero-order valence-electron chi connectivity index (χ0n) is 6.69. The molecule has 0 radical (unpaired) electrons. The lowest BCUT2D eigenvalue weighted by Gasteiger charge is -2.06. The van der Waals surface area contributed by atoms with Crippen molar-refractivity contribution in [3.05, 3.63) is 16.9 Å². The quantitative estimate of drug-likeness (QED) is 0.845. The molecule has 72 valence electrons. The highest BCUT2D eigenvalue weighted by atomic mass is 79.9. The van der Waals surface area contributed by atoms with Crippen LogP contribution in [0.4, 0.5) is 0 Å². The Balaban J connectivity index is 3.50. The van der Waals surface area contributed by atoms with Gasteiger partial charge in [0.25, 0.3) is 0 Å². The Labute approximate surface area is 84.1 Å². The third kappa shape index (κ3) is 2.17. The van der Waals surface area contributed by atoms with E-state index in [-0.39, 0.29) is 15.1 Å². The van der Waals surface area contributed by atoms with Crippen LogP contribution >= 0.6 is 15.9 Å². The number of hydrogen-bond donors (Lipinski definition) is 1. The average molecular weight is 267 g/mol. The smallest absolute Gasteiger partial charge is 0.242 e. The van der Waals surface area contributed by atoms with Gasteiger partial charge in [0.1, 0.15) is 4.90 Å². The van der Waals surface area contributed by atoms with Crippen molar-refractivity contribution < 1.29 is 13.2 Å². The molecular formula is C6H7BrN2O3S. The molecule has 0 unspecified atom stereocenters. The fourth-order valence-electron chi connectivity index (χ4n) is 0.827. The van der Waals surface area contributed by atoms with Crippen molar-refractivity contribution in [2.75, 3.05) is 7.11 Å². The number of primary sulfonamides is 1. The Morgan fingerprint density at radius 2 is 2.15 bits per heavy atom. The van der Waals surface area contributed by atoms with Gasteiger partial charge >= 0.3 is 0 Å². The zero-order valence-corrected chi connectivity index (χ0v) is 9.09. The Morgan fingerprint density at radius 1 is 1.54 bits per heavy atom. The minimum Gasteiger partial charge on any atom is -0.494 e. The van der Waals surface area contributed by atoms with Crippen LogP contribution < -0.4 is 9.88 Å². The van der Waals surface area contributed by atoms with Gasteiger partial charge in [0, 0.05) is 6.20 Å². The summed E-state index contributed by atoms with van der Waals surface area (Å²) in [5.74, 6) is 0.122. The molecule has 0 atom stereocenters. The fourth-order valence-corrected chi connectivity index (χ4v) is 2.56. The van der Waals surface area contributed by atoms with Gasteiger partial charge in [-0.1, -0.05) is 0 Å². The highest BCUT2D eigenvalue weighted by Gasteiger charge is 2.18. The number of aromatic nitrogens is 1. The molecule has 0 aliphatic rings. The van der Waals surface area contributed by atoms with Gasteiger partial charge in [0.2, 0.25) is 10.0 Å². The van der Waals surface area contributed by atoms with Crippen LogP contribution in [0.5, 0.6) is 5.75 Å². The van der Waals surface area contributed by atoms with Crippen LogP contribution in [0.3, 0.4) is 0 Å². The first-order chi connectivity index (χ1) is 5.96. The van der Waals surface area contributed by atoms with Gasteiger partial charge in [-0.2, -0.15) is 0 Å². The van der Waals surface area contributed by atoms with E-state index in [0.29, 0.717) is 0 Å². The summed E-state index contributed by atoms with van der Waals surface area (Å²) in [5, 5.41) is 4.97. The predicted octanol–water partition coefficient (Wildman–Crippen LogP) is 0.500. The summed E-state index contributed by atoms with van der Waals surface area (Å²) in [6, 6.07) is 0. The molecule has 0 saturated heterocycles. The van der Waals surface area contributed by atoms with Crippen molar-refractivity contribution in [3.63, 3.8) is 0 Å². The van der Waals surface area contributed by atoms with Crippen LogP contribution in [0.2, 0.25) is 0 Å². The van der Waals surface area contributed by atoms with Gasteiger partial charge < -0.3 is 4.74 Å². The number of halogens is 1. The van der Waals surface area contributed by atoms with Gasteiger partial charge in [0.05, 0.1) is 17.8 Å². The van der Waals surface area contributed by atoms with Crippen molar-refractivity contribution in [1.82, 2.24) is 4.98 Å². The monoisotopic (exact) mass is 266 g/mol. The summed E-state index contributed by atoms with van der Waals surface area (Å²) < 4.78 is 27.2. The third-order valence-corrected chi connectivity index (χ3v) is 3.18. The second kappa shape index (κ2) is 3.60. The van der Waals surface area contributed by atoms with E-state index in [1.807, 2.05) is 0 Å². The van der Waals surface area contributed by atoms with Gasteiger partial charge in [-0.05, 0) is 15.9 Å². The maximum atomic E-state index is 11.1. The van der Waals surface area contributed by atoms with E-state index in [9.17, 15) is 8.42 Å². The van der Waals surface area contributed by atoms with E-state index in [2.05, 4.69) is 20.9 Å². The molecule has 1 heterocycles. The summed E-state index contributed by atoms with van der Waals surface area (Å²) in [6.07, 6.45) is 2.62. The average Bonchev–Trinajstić information content (AvgIpc) is 2.01. The van der Waals surface area contributed by atoms with E-state index >= 15 is 0 Å². The molecule has 1 aromatic rings. The number of methoxy groups -OCH3 is 1. The number of sulfonamides is 1. The Hall–Kier alpha value is -0.660. The molecule has 0 aliphatic carbocycles. The fraction of sp³-hybridized carbons (Fsp3) is 0.167. The Bertz CT molecular complexity index is 418. The lowest BCUT2D eigenvalue weighted by molar-refractivity contribution is 0.400. The second-order valence-electron chi connectivity index (χ2n) is 2.20. The largest absolute Gasteiger partial charge is 0.494 e. The van der Waals surface area contributed by atoms with Crippen molar-refractivity contribution in [3.8, 4) is 5.75 Å². The summed E-state index contributed by atoms with van der Waals surface area (Å²) >= 11 is 3.02. The Morgan fingerprint density at radius 3 is 2.54 bits per heavy atom. The van der Waals surface area contributed by atoms with E-state index in [1.54, 1.807) is 0 Å². The van der Waals surface area contributed by atoms with Crippen LogP contribution in [-0.2, 0) is 10.0 Å². The van der Waals surface area contributed by atoms with E-state index < -0.39 is 10.0 Å². The molecule has 0 amide bonds. The first-order valence-corrected chi connectivity index (χ1v) is 5.51. The minimum absolute atomic E-state index is 0.0926. The van der Waals surface area contributed by atoms with Crippen LogP contribution in [0.15, 0.2) is 21.8 Å². The third-order valence-electron chi connectivity index (χ3n) is 1.32. The molecule has 7 heteroatoms. The van der Waals surface area contributed by atoms with Crippen molar-refractivity contribution in [2.24, 2.45) is 5.14 Å². The van der Waals surface area contributed by atoms with E-state index in [4.69, 9.17) is 9.88 Å². The summed E-state index contributed by atoms with van der Waals surface area (Å²) in [6.45, 7) is 0. The number of nitrogens with two attached hydrogens (primary N) is 1. The van der Waals surface area contributed by atoms with Crippen LogP contribution in [0, 0.1) is 0 Å². The number of ether oxygens (including phenoxy) is 1. The molecule has 5 nitrogen and oxygen atoms in total. The van der Waals surface area contributed by atoms with Gasteiger partial charge in [-0.15, -0.1) is 0 Å². The lowest BCUT2D eigenvalue weighted by atomic mass is 10.5. The number of rotatable bonds is 2. The standard InChI is InChI=1S/C6H7BrN2O3S/c1-12-5-3-9-2-4(7)6(5)13(8,10)11/h2-3H,1H3,(H2,8,10,11). The highest BCUT2D eigenvalue weighted by Crippen LogP contribution is 2.28. The highest BCUT2D eigenvalue weighted by molar-refractivity contribution is 9.10. The molecule has 1 rings (SSSR count). The first-order valence-electron chi connectivity index (χ1n) is 3.17. The van der Waals surface area contributed by atoms with Crippen molar-refractivity contribution in [2.45, 2.75) is 4.90 Å². The summed E-state index contributed by atoms with van der Waals surface area (Å²) in [7, 11) is -2.44. The Kier molecular flexibility index (Phi) is 2.89. The number of nitrogens with zero attached hydrogens (tertiary/aromatic N) is 1. The maximum Gasteiger partial charge on any atom is 0.242 e. The normalized spacial score (nSPS) is 11.3. The van der Waals surface area contributed by atoms with Crippen LogP contribution in [-0.4, -0.2) is 20.5 Å². The minimum atomic E-state index is -3.79. The lowest BCUT2D eigenvalue weighted by Crippen LogP contribution is -2.14. The topological polar surface area (TPSA) is 82.3 Å². The second-order valence-corrected chi connectivity index (χ2v) is 4.55. The summed E-state index contributed by atoms with van der Waals surface area (Å²) in [5.41, 5.74) is 0. The van der Waals surface area contributed by atoms with Gasteiger partial charge in [0.15, 0.2) is 5.75 Å². The maximum absolute atomic E-state index is 11.1. The van der Waals surface area contributed by atoms with E-state index in [0.717, 1.165) is 0 Å². The molecule has 0 saturated carbocycles. The van der Waals surface area contributed by atoms with Crippen molar-refractivity contribution >= 4 is 26.0 Å². The number of pyridine rings is 1. The molecule has 0 aliphatic heterocycles. The SMILES string of the molecule is COc1cncc(Br)c1S(N)(=O)=O. The molecule has 0 fully saturated rings. The van der Waals surface area contributed by atoms with Gasteiger partial charge in [-0.25, -0.2) is 13.6 Å². The molecule has 0 aromatic carbocycles. The van der Waals surface area contributed by atoms with Crippen LogP contribution in [0.1, 0.15) is 0 Å². The molecule has 2 N–H and O–H groups in total. The van der Waals surface area contributed by atoms with Crippen molar-refractivity contribution in [1.29, 1.82) is 0 Å². The summed E-state index contributed by atoms with van der Waals surface area (Å²) in [4.78, 5) is 3.64. The van der Waals surface area contributed by atoms with Gasteiger partial charge in [-0.3, -0.25) is 4.98 Å². The predicted molar refractivity (Wildman–Crippen MR) is 49.9 cm³/mol. The molecule has 0 bridgehead atoms. The molecule has 13 heavy (non-hydrogen) atoms. The molecule has 0 spiro atoms. The van der Waals surface area contributed by atoms with Crippen LogP contribution in [0.25, 0.3) is 0 Å². The molecular weight excluding hydrogens is 260 g/mol. The molecule has 1 aromatic heterocycles. The first kappa shape index (κ1) is 10.4. The van der Waals surface area contributed by atoms with E-state index in [1.165, 1.54) is 19.5 Å². The zero-order chi connectivity index (χ0) is 10.1.